The normalized spacial score (nSPS) is 22.3. The average molecular weight is 321 g/mol. The quantitative estimate of drug-likeness (QED) is 0.901. The summed E-state index contributed by atoms with van der Waals surface area (Å²) in [6.07, 6.45) is 1.25. The van der Waals surface area contributed by atoms with E-state index in [1.807, 2.05) is 6.07 Å². The number of hydrogen-bond donors (Lipinski definition) is 1. The monoisotopic (exact) mass is 321 g/mol. The number of fused-ring (bicyclic) bond motifs is 1. The topological polar surface area (TPSA) is 65.1 Å². The number of aromatic nitrogens is 3. The van der Waals surface area contributed by atoms with E-state index in [1.165, 1.54) is 6.33 Å². The van der Waals surface area contributed by atoms with Gasteiger partial charge in [0.2, 0.25) is 0 Å². The molecule has 6 nitrogen and oxygen atoms in total. The third-order valence-electron chi connectivity index (χ3n) is 4.71. The first-order chi connectivity index (χ1) is 11.0. The van der Waals surface area contributed by atoms with Crippen molar-refractivity contribution in [2.45, 2.75) is 24.8 Å². The molecule has 2 aliphatic heterocycles. The van der Waals surface area contributed by atoms with E-state index >= 15 is 0 Å². The first kappa shape index (κ1) is 14.5. The molecule has 2 aromatic rings. The molecule has 2 aliphatic rings. The predicted molar refractivity (Wildman–Crippen MR) is 81.9 cm³/mol. The summed E-state index contributed by atoms with van der Waals surface area (Å²) in [6, 6.07) is 3.91. The summed E-state index contributed by atoms with van der Waals surface area (Å²) in [5.41, 5.74) is 0.631. The Kier molecular flexibility index (Phi) is 3.29. The molecule has 4 rings (SSSR count). The van der Waals surface area contributed by atoms with E-state index in [9.17, 15) is 13.6 Å². The van der Waals surface area contributed by atoms with E-state index in [0.717, 1.165) is 18.9 Å². The number of H-pyrrole nitrogens is 1. The summed E-state index contributed by atoms with van der Waals surface area (Å²) < 4.78 is 26.4. The first-order valence-electron chi connectivity index (χ1n) is 7.73. The van der Waals surface area contributed by atoms with Gasteiger partial charge in [-0.3, -0.25) is 9.69 Å². The van der Waals surface area contributed by atoms with Crippen LogP contribution in [0.3, 0.4) is 0 Å². The molecular weight excluding hydrogens is 304 g/mol. The van der Waals surface area contributed by atoms with Crippen LogP contribution in [0.2, 0.25) is 0 Å². The number of anilines is 1. The van der Waals surface area contributed by atoms with Crippen LogP contribution in [0.4, 0.5) is 14.6 Å². The molecule has 1 N–H and O–H groups in total. The molecule has 0 aliphatic carbocycles. The number of nitrogens with one attached hydrogen (secondary N) is 1. The minimum atomic E-state index is -2.51. The molecule has 4 heterocycles. The van der Waals surface area contributed by atoms with E-state index in [2.05, 4.69) is 24.8 Å². The van der Waals surface area contributed by atoms with Crippen molar-refractivity contribution in [2.24, 2.45) is 0 Å². The molecule has 0 radical (unpaired) electrons. The van der Waals surface area contributed by atoms with E-state index in [-0.39, 0.29) is 24.4 Å². The van der Waals surface area contributed by atoms with Crippen LogP contribution in [-0.4, -0.2) is 58.0 Å². The van der Waals surface area contributed by atoms with E-state index in [1.54, 1.807) is 6.07 Å². The number of likely N-dealkylation sites (tertiary alicyclic amines) is 1. The Morgan fingerprint density at radius 1 is 1.22 bits per heavy atom. The fourth-order valence-electron chi connectivity index (χ4n) is 3.21. The zero-order valence-electron chi connectivity index (χ0n) is 12.5. The van der Waals surface area contributed by atoms with Gasteiger partial charge >= 0.3 is 0 Å². The molecule has 122 valence electrons. The predicted octanol–water partition coefficient (Wildman–Crippen LogP) is 1.24. The summed E-state index contributed by atoms with van der Waals surface area (Å²) in [4.78, 5) is 26.9. The van der Waals surface area contributed by atoms with Crippen molar-refractivity contribution < 1.29 is 8.78 Å². The van der Waals surface area contributed by atoms with Crippen molar-refractivity contribution in [3.63, 3.8) is 0 Å². The maximum atomic E-state index is 13.2. The lowest BCUT2D eigenvalue weighted by Crippen LogP contribution is -2.61. The lowest BCUT2D eigenvalue weighted by molar-refractivity contribution is -0.0650. The summed E-state index contributed by atoms with van der Waals surface area (Å²) in [5, 5.41) is 0. The van der Waals surface area contributed by atoms with Gasteiger partial charge in [0.15, 0.2) is 5.52 Å². The standard InChI is InChI=1S/C15H17F2N5O/c16-15(17)3-5-21(6-4-15)10-7-22(8-10)12-2-1-11-13(20-12)14(23)19-9-18-11/h1-2,9-10H,3-8H2,(H,18,19,23). The van der Waals surface area contributed by atoms with Crippen LogP contribution in [0.25, 0.3) is 11.0 Å². The second-order valence-electron chi connectivity index (χ2n) is 6.22. The molecule has 8 heteroatoms. The Bertz CT molecular complexity index is 777. The highest BCUT2D eigenvalue weighted by Gasteiger charge is 2.40. The summed E-state index contributed by atoms with van der Waals surface area (Å²) >= 11 is 0. The summed E-state index contributed by atoms with van der Waals surface area (Å²) in [7, 11) is 0. The molecule has 0 amide bonds. The molecule has 0 atom stereocenters. The van der Waals surface area contributed by atoms with Gasteiger partial charge in [0, 0.05) is 45.1 Å². The van der Waals surface area contributed by atoms with E-state index < -0.39 is 5.92 Å². The molecule has 0 aromatic carbocycles. The van der Waals surface area contributed by atoms with Crippen LogP contribution in [0.1, 0.15) is 12.8 Å². The highest BCUT2D eigenvalue weighted by molar-refractivity contribution is 5.75. The van der Waals surface area contributed by atoms with E-state index in [0.29, 0.717) is 24.1 Å². The molecular formula is C15H17F2N5O. The van der Waals surface area contributed by atoms with Crippen molar-refractivity contribution >= 4 is 16.9 Å². The van der Waals surface area contributed by atoms with Crippen LogP contribution in [0, 0.1) is 0 Å². The molecule has 0 bridgehead atoms. The van der Waals surface area contributed by atoms with Crippen molar-refractivity contribution in [1.82, 2.24) is 19.9 Å². The van der Waals surface area contributed by atoms with Crippen molar-refractivity contribution in [1.29, 1.82) is 0 Å². The number of halogens is 2. The minimum absolute atomic E-state index is 0.0568. The Labute approximate surface area is 131 Å². The van der Waals surface area contributed by atoms with Crippen molar-refractivity contribution in [3.8, 4) is 0 Å². The Hall–Kier alpha value is -2.09. The molecule has 2 saturated heterocycles. The van der Waals surface area contributed by atoms with Crippen LogP contribution < -0.4 is 10.5 Å². The first-order valence-corrected chi connectivity index (χ1v) is 7.73. The lowest BCUT2D eigenvalue weighted by atomic mass is 10.0. The average Bonchev–Trinajstić information content (AvgIpc) is 2.48. The maximum Gasteiger partial charge on any atom is 0.277 e. The van der Waals surface area contributed by atoms with Crippen molar-refractivity contribution in [2.75, 3.05) is 31.1 Å². The number of rotatable bonds is 2. The van der Waals surface area contributed by atoms with Crippen LogP contribution in [0.15, 0.2) is 23.3 Å². The number of piperidine rings is 1. The SMILES string of the molecule is O=c1[nH]cnc2ccc(N3CC(N4CCC(F)(F)CC4)C3)nc12. The summed E-state index contributed by atoms with van der Waals surface area (Å²) in [6.45, 7) is 2.39. The Morgan fingerprint density at radius 3 is 2.70 bits per heavy atom. The van der Waals surface area contributed by atoms with Gasteiger partial charge in [-0.05, 0) is 12.1 Å². The van der Waals surface area contributed by atoms with Gasteiger partial charge in [-0.2, -0.15) is 0 Å². The maximum absolute atomic E-state index is 13.2. The number of aromatic amines is 1. The highest BCUT2D eigenvalue weighted by Crippen LogP contribution is 2.31. The van der Waals surface area contributed by atoms with Gasteiger partial charge in [-0.25, -0.2) is 18.7 Å². The number of alkyl halides is 2. The van der Waals surface area contributed by atoms with Crippen LogP contribution >= 0.6 is 0 Å². The van der Waals surface area contributed by atoms with Crippen molar-refractivity contribution in [3.05, 3.63) is 28.8 Å². The molecule has 0 saturated carbocycles. The Balaban J connectivity index is 1.44. The third-order valence-corrected chi connectivity index (χ3v) is 4.71. The molecule has 0 unspecified atom stereocenters. The summed E-state index contributed by atoms with van der Waals surface area (Å²) in [5.74, 6) is -1.77. The molecule has 2 aromatic heterocycles. The third kappa shape index (κ3) is 2.67. The van der Waals surface area contributed by atoms with Gasteiger partial charge in [0.05, 0.1) is 11.8 Å². The molecule has 0 spiro atoms. The fraction of sp³-hybridized carbons (Fsp3) is 0.533. The van der Waals surface area contributed by atoms with Crippen LogP contribution in [-0.2, 0) is 0 Å². The van der Waals surface area contributed by atoms with Gasteiger partial charge in [0.1, 0.15) is 5.82 Å². The second kappa shape index (κ2) is 5.23. The number of nitrogens with zero attached hydrogens (tertiary/aromatic N) is 4. The number of hydrogen-bond acceptors (Lipinski definition) is 5. The highest BCUT2D eigenvalue weighted by atomic mass is 19.3. The Morgan fingerprint density at radius 2 is 1.96 bits per heavy atom. The van der Waals surface area contributed by atoms with E-state index in [4.69, 9.17) is 0 Å². The minimum Gasteiger partial charge on any atom is -0.353 e. The lowest BCUT2D eigenvalue weighted by Gasteiger charge is -2.48. The second-order valence-corrected chi connectivity index (χ2v) is 6.22. The fourth-order valence-corrected chi connectivity index (χ4v) is 3.21. The van der Waals surface area contributed by atoms with Gasteiger partial charge in [-0.15, -0.1) is 0 Å². The largest absolute Gasteiger partial charge is 0.353 e. The van der Waals surface area contributed by atoms with Crippen LogP contribution in [0.5, 0.6) is 0 Å². The van der Waals surface area contributed by atoms with Gasteiger partial charge in [-0.1, -0.05) is 0 Å². The molecule has 23 heavy (non-hydrogen) atoms. The molecule has 2 fully saturated rings. The smallest absolute Gasteiger partial charge is 0.277 e. The van der Waals surface area contributed by atoms with Gasteiger partial charge in [0.25, 0.3) is 11.5 Å². The number of pyridine rings is 1. The zero-order valence-corrected chi connectivity index (χ0v) is 12.5. The van der Waals surface area contributed by atoms with Gasteiger partial charge < -0.3 is 9.88 Å². The zero-order chi connectivity index (χ0) is 16.0.